The van der Waals surface area contributed by atoms with Gasteiger partial charge in [-0.15, -0.1) is 0 Å². The molecule has 5 aromatic carbocycles. The first-order chi connectivity index (χ1) is 27.5. The topological polar surface area (TPSA) is 99.1 Å². The Morgan fingerprint density at radius 3 is 1.61 bits per heavy atom. The van der Waals surface area contributed by atoms with Crippen LogP contribution in [0.1, 0.15) is 55.2 Å². The Kier molecular flexibility index (Phi) is 8.34. The summed E-state index contributed by atoms with van der Waals surface area (Å²) >= 11 is 0. The van der Waals surface area contributed by atoms with Crippen LogP contribution in [0.15, 0.2) is 140 Å². The lowest BCUT2D eigenvalue weighted by Gasteiger charge is -2.57. The van der Waals surface area contributed by atoms with E-state index in [2.05, 4.69) is 66.7 Å². The molecule has 0 N–H and O–H groups in total. The smallest absolute Gasteiger partial charge is 0.164 e. The molecule has 0 aliphatic heterocycles. The molecule has 56 heavy (non-hydrogen) atoms. The summed E-state index contributed by atoms with van der Waals surface area (Å²) in [4.78, 5) is 20.0. The van der Waals surface area contributed by atoms with Gasteiger partial charge in [0.2, 0.25) is 0 Å². The molecule has 4 fully saturated rings. The van der Waals surface area contributed by atoms with E-state index in [1.54, 1.807) is 6.20 Å². The lowest BCUT2D eigenvalue weighted by molar-refractivity contribution is -0.00518. The summed E-state index contributed by atoms with van der Waals surface area (Å²) in [7, 11) is 0. The van der Waals surface area contributed by atoms with Crippen LogP contribution in [0.3, 0.4) is 0 Å². The van der Waals surface area contributed by atoms with Crippen molar-refractivity contribution in [2.75, 3.05) is 0 Å². The molecule has 11 rings (SSSR count). The van der Waals surface area contributed by atoms with Crippen LogP contribution in [0.25, 0.3) is 67.7 Å². The molecular formula is C50H38N6. The summed E-state index contributed by atoms with van der Waals surface area (Å²) in [5.41, 5.74) is 11.4. The third-order valence-corrected chi connectivity index (χ3v) is 12.4. The highest BCUT2D eigenvalue weighted by atomic mass is 15.0. The second kappa shape index (κ2) is 13.8. The van der Waals surface area contributed by atoms with Crippen molar-refractivity contribution in [2.45, 2.75) is 43.9 Å². The number of hydrogen-bond acceptors (Lipinski definition) is 6. The lowest BCUT2D eigenvalue weighted by atomic mass is 9.48. The zero-order valence-electron chi connectivity index (χ0n) is 30.9. The minimum absolute atomic E-state index is 0.333. The molecule has 2 heterocycles. The van der Waals surface area contributed by atoms with Gasteiger partial charge in [0.05, 0.1) is 22.9 Å². The summed E-state index contributed by atoms with van der Waals surface area (Å²) in [6.45, 7) is 0. The van der Waals surface area contributed by atoms with Gasteiger partial charge in [-0.25, -0.2) is 15.0 Å². The molecule has 0 spiro atoms. The number of aromatic nitrogens is 4. The molecule has 0 unspecified atom stereocenters. The maximum absolute atomic E-state index is 9.49. The minimum atomic E-state index is 0.333. The van der Waals surface area contributed by atoms with E-state index in [4.69, 9.17) is 19.9 Å². The Bertz CT molecular complexity index is 2630. The predicted molar refractivity (Wildman–Crippen MR) is 220 cm³/mol. The van der Waals surface area contributed by atoms with Gasteiger partial charge in [0.25, 0.3) is 0 Å². The monoisotopic (exact) mass is 722 g/mol. The van der Waals surface area contributed by atoms with Crippen LogP contribution in [-0.2, 0) is 5.41 Å². The lowest BCUT2D eigenvalue weighted by Crippen LogP contribution is -2.48. The Hall–Kier alpha value is -6.76. The first kappa shape index (κ1) is 33.8. The fraction of sp³-hybridized carbons (Fsp3) is 0.200. The highest BCUT2D eigenvalue weighted by molar-refractivity contribution is 5.80. The van der Waals surface area contributed by atoms with Crippen LogP contribution >= 0.6 is 0 Å². The molecule has 4 aliphatic carbocycles. The van der Waals surface area contributed by atoms with Gasteiger partial charge in [-0.2, -0.15) is 10.5 Å². The van der Waals surface area contributed by atoms with Crippen LogP contribution in [-0.4, -0.2) is 19.9 Å². The Labute approximate surface area is 327 Å². The normalized spacial score (nSPS) is 20.6. The number of benzene rings is 5. The SMILES string of the molecule is N#Cc1ccc(-c2cccc(-c3nc(-c4ccccc4)nc(-c4cc(-c5ccc(C67CC8C[C@H](C6)C[C@@H](C8)C7)cc5)cc(-c5ccc(C#N)cn5)c4)n3)c2)cc1. The number of hydrogen-bond donors (Lipinski definition) is 0. The van der Waals surface area contributed by atoms with Gasteiger partial charge in [-0.05, 0) is 138 Å². The van der Waals surface area contributed by atoms with E-state index >= 15 is 0 Å². The standard InChI is InChI=1S/C50H38N6/c51-29-32-9-12-37(13-10-32)40-7-4-8-41(22-40)48-54-47(39-5-2-1-3-6-39)55-49(56-48)44-24-42(23-43(25-44)46-18-11-33(30-52)31-53-46)38-14-16-45(17-15-38)50-26-34-19-35(27-50)21-36(20-34)28-50/h1-18,22-25,31,34-36H,19-21,26-28H2/t34-,35+,36?,50?. The maximum Gasteiger partial charge on any atom is 0.164 e. The van der Waals surface area contributed by atoms with Crippen LogP contribution in [0, 0.1) is 40.4 Å². The van der Waals surface area contributed by atoms with Gasteiger partial charge in [-0.1, -0.05) is 84.9 Å². The summed E-state index contributed by atoms with van der Waals surface area (Å²) in [5, 5.41) is 18.8. The zero-order valence-corrected chi connectivity index (χ0v) is 30.9. The van der Waals surface area contributed by atoms with E-state index in [1.165, 1.54) is 44.1 Å². The van der Waals surface area contributed by atoms with Gasteiger partial charge >= 0.3 is 0 Å². The van der Waals surface area contributed by atoms with Crippen molar-refractivity contribution in [1.82, 2.24) is 19.9 Å². The first-order valence-corrected chi connectivity index (χ1v) is 19.6. The highest BCUT2D eigenvalue weighted by Gasteiger charge is 2.51. The number of nitrogens with zero attached hydrogens (tertiary/aromatic N) is 6. The van der Waals surface area contributed by atoms with Crippen LogP contribution in [0.4, 0.5) is 0 Å². The van der Waals surface area contributed by atoms with Gasteiger partial charge in [0.1, 0.15) is 6.07 Å². The second-order valence-electron chi connectivity index (χ2n) is 16.1. The molecule has 0 atom stereocenters. The molecule has 4 aliphatic rings. The van der Waals surface area contributed by atoms with Crippen molar-refractivity contribution in [3.63, 3.8) is 0 Å². The van der Waals surface area contributed by atoms with E-state index in [0.29, 0.717) is 34.0 Å². The Morgan fingerprint density at radius 2 is 0.964 bits per heavy atom. The molecule has 0 amide bonds. The largest absolute Gasteiger partial charge is 0.255 e. The molecule has 0 radical (unpaired) electrons. The Morgan fingerprint density at radius 1 is 0.446 bits per heavy atom. The van der Waals surface area contributed by atoms with Crippen LogP contribution in [0.5, 0.6) is 0 Å². The summed E-state index contributed by atoms with van der Waals surface area (Å²) in [6, 6.07) is 49.7. The van der Waals surface area contributed by atoms with Crippen molar-refractivity contribution in [2.24, 2.45) is 17.8 Å². The molecule has 6 nitrogen and oxygen atoms in total. The summed E-state index contributed by atoms with van der Waals surface area (Å²) in [6.07, 6.45) is 9.94. The number of rotatable bonds is 7. The average Bonchev–Trinajstić information content (AvgIpc) is 3.26. The van der Waals surface area contributed by atoms with Gasteiger partial charge < -0.3 is 0 Å². The third kappa shape index (κ3) is 6.34. The molecule has 4 bridgehead atoms. The van der Waals surface area contributed by atoms with Crippen molar-refractivity contribution < 1.29 is 0 Å². The molecule has 2 aromatic heterocycles. The quantitative estimate of drug-likeness (QED) is 0.162. The molecule has 6 heteroatoms. The maximum atomic E-state index is 9.49. The fourth-order valence-electron chi connectivity index (χ4n) is 10.1. The van der Waals surface area contributed by atoms with E-state index in [1.807, 2.05) is 78.9 Å². The van der Waals surface area contributed by atoms with Crippen molar-refractivity contribution in [3.8, 4) is 79.8 Å². The number of nitriles is 2. The van der Waals surface area contributed by atoms with Crippen molar-refractivity contribution in [1.29, 1.82) is 10.5 Å². The molecule has 7 aromatic rings. The third-order valence-electron chi connectivity index (χ3n) is 12.4. The van der Waals surface area contributed by atoms with Crippen LogP contribution < -0.4 is 0 Å². The van der Waals surface area contributed by atoms with E-state index < -0.39 is 0 Å². The number of pyridine rings is 1. The fourth-order valence-corrected chi connectivity index (χ4v) is 10.1. The Balaban J connectivity index is 1.09. The second-order valence-corrected chi connectivity index (χ2v) is 16.1. The minimum Gasteiger partial charge on any atom is -0.255 e. The molecule has 0 saturated heterocycles. The highest BCUT2D eigenvalue weighted by Crippen LogP contribution is 2.60. The van der Waals surface area contributed by atoms with Gasteiger partial charge in [0.15, 0.2) is 17.5 Å². The van der Waals surface area contributed by atoms with Crippen molar-refractivity contribution >= 4 is 0 Å². The van der Waals surface area contributed by atoms with E-state index in [0.717, 1.165) is 68.0 Å². The van der Waals surface area contributed by atoms with E-state index in [9.17, 15) is 10.5 Å². The van der Waals surface area contributed by atoms with Gasteiger partial charge in [-0.3, -0.25) is 4.98 Å². The van der Waals surface area contributed by atoms with Crippen molar-refractivity contribution in [3.05, 3.63) is 156 Å². The first-order valence-electron chi connectivity index (χ1n) is 19.6. The average molecular weight is 723 g/mol. The molecular weight excluding hydrogens is 685 g/mol. The summed E-state index contributed by atoms with van der Waals surface area (Å²) in [5.74, 6) is 4.38. The van der Waals surface area contributed by atoms with Gasteiger partial charge in [0, 0.05) is 28.5 Å². The zero-order chi connectivity index (χ0) is 37.6. The van der Waals surface area contributed by atoms with Crippen LogP contribution in [0.2, 0.25) is 0 Å². The predicted octanol–water partition coefficient (Wildman–Crippen LogP) is 11.5. The molecule has 4 saturated carbocycles. The van der Waals surface area contributed by atoms with E-state index in [-0.39, 0.29) is 0 Å². The molecule has 268 valence electrons. The summed E-state index contributed by atoms with van der Waals surface area (Å²) < 4.78 is 0.